The largest absolute Gasteiger partial charge is 0.492 e. The standard InChI is InChI=1S/C14H13Br2NO2/c1-2-19-11-5-9(7-17-8-11)14(18)12-6-10(15)3-4-13(12)16/h3-8,14,18H,2H2,1H3. The van der Waals surface area contributed by atoms with Crippen LogP contribution in [0.4, 0.5) is 0 Å². The molecule has 2 rings (SSSR count). The van der Waals surface area contributed by atoms with E-state index in [1.165, 1.54) is 0 Å². The highest BCUT2D eigenvalue weighted by atomic mass is 79.9. The van der Waals surface area contributed by atoms with Crippen molar-refractivity contribution in [2.24, 2.45) is 0 Å². The van der Waals surface area contributed by atoms with Crippen LogP contribution in [0, 0.1) is 0 Å². The highest BCUT2D eigenvalue weighted by molar-refractivity contribution is 9.11. The first-order valence-corrected chi connectivity index (χ1v) is 7.41. The number of pyridine rings is 1. The van der Waals surface area contributed by atoms with Gasteiger partial charge in [-0.05, 0) is 31.2 Å². The topological polar surface area (TPSA) is 42.4 Å². The molecular weight excluding hydrogens is 374 g/mol. The Morgan fingerprint density at radius 3 is 2.79 bits per heavy atom. The number of ether oxygens (including phenoxy) is 1. The van der Waals surface area contributed by atoms with Gasteiger partial charge in [0.05, 0.1) is 12.8 Å². The molecule has 0 aliphatic rings. The van der Waals surface area contributed by atoms with E-state index in [0.29, 0.717) is 17.9 Å². The van der Waals surface area contributed by atoms with Gasteiger partial charge in [-0.15, -0.1) is 0 Å². The Balaban J connectivity index is 2.35. The van der Waals surface area contributed by atoms with Crippen molar-refractivity contribution in [3.05, 3.63) is 56.7 Å². The molecule has 1 aromatic carbocycles. The Hall–Kier alpha value is -0.910. The van der Waals surface area contributed by atoms with Crippen molar-refractivity contribution in [3.8, 4) is 5.75 Å². The fourth-order valence-electron chi connectivity index (χ4n) is 1.73. The third kappa shape index (κ3) is 3.55. The van der Waals surface area contributed by atoms with Gasteiger partial charge in [-0.3, -0.25) is 4.98 Å². The molecule has 0 aliphatic carbocycles. The number of hydrogen-bond acceptors (Lipinski definition) is 3. The molecule has 19 heavy (non-hydrogen) atoms. The maximum atomic E-state index is 10.4. The molecule has 0 amide bonds. The number of nitrogens with zero attached hydrogens (tertiary/aromatic N) is 1. The summed E-state index contributed by atoms with van der Waals surface area (Å²) in [6.07, 6.45) is 2.52. The summed E-state index contributed by atoms with van der Waals surface area (Å²) in [4.78, 5) is 4.09. The third-order valence-corrected chi connectivity index (χ3v) is 3.83. The molecule has 1 unspecified atom stereocenters. The fourth-order valence-corrected chi connectivity index (χ4v) is 2.58. The van der Waals surface area contributed by atoms with Crippen LogP contribution >= 0.6 is 31.9 Å². The molecule has 5 heteroatoms. The highest BCUT2D eigenvalue weighted by Gasteiger charge is 2.15. The number of benzene rings is 1. The van der Waals surface area contributed by atoms with Crippen LogP contribution in [-0.2, 0) is 0 Å². The summed E-state index contributed by atoms with van der Waals surface area (Å²) in [5, 5.41) is 10.4. The molecule has 1 atom stereocenters. The average molecular weight is 387 g/mol. The molecule has 2 aromatic rings. The van der Waals surface area contributed by atoms with Crippen LogP contribution in [0.15, 0.2) is 45.6 Å². The molecule has 0 radical (unpaired) electrons. The predicted molar refractivity (Wildman–Crippen MR) is 81.3 cm³/mol. The van der Waals surface area contributed by atoms with Crippen LogP contribution in [0.5, 0.6) is 5.75 Å². The lowest BCUT2D eigenvalue weighted by Gasteiger charge is -2.14. The second kappa shape index (κ2) is 6.50. The number of hydrogen-bond donors (Lipinski definition) is 1. The van der Waals surface area contributed by atoms with E-state index in [4.69, 9.17) is 4.74 Å². The SMILES string of the molecule is CCOc1cncc(C(O)c2cc(Br)ccc2Br)c1. The van der Waals surface area contributed by atoms with E-state index < -0.39 is 6.10 Å². The second-order valence-electron chi connectivity index (χ2n) is 3.96. The number of halogens is 2. The predicted octanol–water partition coefficient (Wildman–Crippen LogP) is 4.09. The van der Waals surface area contributed by atoms with E-state index in [9.17, 15) is 5.11 Å². The maximum Gasteiger partial charge on any atom is 0.137 e. The van der Waals surface area contributed by atoms with Crippen molar-refractivity contribution in [2.75, 3.05) is 6.61 Å². The van der Waals surface area contributed by atoms with Gasteiger partial charge in [0, 0.05) is 26.3 Å². The summed E-state index contributed by atoms with van der Waals surface area (Å²) in [5.41, 5.74) is 1.48. The molecule has 1 heterocycles. The summed E-state index contributed by atoms with van der Waals surface area (Å²) in [6.45, 7) is 2.48. The Morgan fingerprint density at radius 1 is 1.26 bits per heavy atom. The van der Waals surface area contributed by atoms with E-state index in [-0.39, 0.29) is 0 Å². The van der Waals surface area contributed by atoms with E-state index in [2.05, 4.69) is 36.8 Å². The first-order chi connectivity index (χ1) is 9.11. The molecule has 1 N–H and O–H groups in total. The first kappa shape index (κ1) is 14.5. The number of aliphatic hydroxyl groups excluding tert-OH is 1. The van der Waals surface area contributed by atoms with Crippen molar-refractivity contribution >= 4 is 31.9 Å². The molecule has 0 bridgehead atoms. The summed E-state index contributed by atoms with van der Waals surface area (Å²) < 4.78 is 7.16. The Labute approximate surface area is 128 Å². The van der Waals surface area contributed by atoms with Gasteiger partial charge in [-0.25, -0.2) is 0 Å². The van der Waals surface area contributed by atoms with E-state index in [1.807, 2.05) is 25.1 Å². The number of aromatic nitrogens is 1. The van der Waals surface area contributed by atoms with Crippen LogP contribution in [-0.4, -0.2) is 16.7 Å². The number of aliphatic hydroxyl groups is 1. The van der Waals surface area contributed by atoms with Gasteiger partial charge >= 0.3 is 0 Å². The molecule has 0 aliphatic heterocycles. The molecule has 3 nitrogen and oxygen atoms in total. The molecule has 0 saturated carbocycles. The van der Waals surface area contributed by atoms with Crippen LogP contribution < -0.4 is 4.74 Å². The van der Waals surface area contributed by atoms with Crippen molar-refractivity contribution in [2.45, 2.75) is 13.0 Å². The highest BCUT2D eigenvalue weighted by Crippen LogP contribution is 2.31. The molecule has 0 saturated heterocycles. The normalized spacial score (nSPS) is 12.2. The van der Waals surface area contributed by atoms with Crippen molar-refractivity contribution < 1.29 is 9.84 Å². The first-order valence-electron chi connectivity index (χ1n) is 5.82. The Kier molecular flexibility index (Phi) is 4.96. The second-order valence-corrected chi connectivity index (χ2v) is 5.73. The molecule has 0 spiro atoms. The third-order valence-electron chi connectivity index (χ3n) is 2.61. The average Bonchev–Trinajstić information content (AvgIpc) is 2.41. The minimum absolute atomic E-state index is 0.571. The van der Waals surface area contributed by atoms with Crippen molar-refractivity contribution in [1.29, 1.82) is 0 Å². The molecular formula is C14H13Br2NO2. The maximum absolute atomic E-state index is 10.4. The van der Waals surface area contributed by atoms with Crippen LogP contribution in [0.2, 0.25) is 0 Å². The molecule has 100 valence electrons. The van der Waals surface area contributed by atoms with E-state index in [1.54, 1.807) is 18.5 Å². The van der Waals surface area contributed by atoms with Gasteiger partial charge < -0.3 is 9.84 Å². The number of rotatable bonds is 4. The smallest absolute Gasteiger partial charge is 0.137 e. The van der Waals surface area contributed by atoms with Gasteiger partial charge in [-0.2, -0.15) is 0 Å². The quantitative estimate of drug-likeness (QED) is 0.860. The lowest BCUT2D eigenvalue weighted by molar-refractivity contribution is 0.218. The Bertz CT molecular complexity index is 575. The zero-order valence-electron chi connectivity index (χ0n) is 10.3. The van der Waals surface area contributed by atoms with Gasteiger partial charge in [-0.1, -0.05) is 31.9 Å². The zero-order chi connectivity index (χ0) is 13.8. The summed E-state index contributed by atoms with van der Waals surface area (Å²) >= 11 is 6.85. The summed E-state index contributed by atoms with van der Waals surface area (Å²) in [7, 11) is 0. The van der Waals surface area contributed by atoms with Crippen molar-refractivity contribution in [1.82, 2.24) is 4.98 Å². The lowest BCUT2D eigenvalue weighted by atomic mass is 10.0. The molecule has 0 fully saturated rings. The van der Waals surface area contributed by atoms with Crippen LogP contribution in [0.1, 0.15) is 24.2 Å². The minimum atomic E-state index is -0.750. The van der Waals surface area contributed by atoms with Crippen molar-refractivity contribution in [3.63, 3.8) is 0 Å². The van der Waals surface area contributed by atoms with Crippen LogP contribution in [0.3, 0.4) is 0 Å². The molecule has 1 aromatic heterocycles. The fraction of sp³-hybridized carbons (Fsp3) is 0.214. The summed E-state index contributed by atoms with van der Waals surface area (Å²) in [5.74, 6) is 0.658. The monoisotopic (exact) mass is 385 g/mol. The van der Waals surface area contributed by atoms with Crippen LogP contribution in [0.25, 0.3) is 0 Å². The van der Waals surface area contributed by atoms with Gasteiger partial charge in [0.15, 0.2) is 0 Å². The lowest BCUT2D eigenvalue weighted by Crippen LogP contribution is -2.02. The minimum Gasteiger partial charge on any atom is -0.492 e. The zero-order valence-corrected chi connectivity index (χ0v) is 13.5. The van der Waals surface area contributed by atoms with Gasteiger partial charge in [0.1, 0.15) is 11.9 Å². The summed E-state index contributed by atoms with van der Waals surface area (Å²) in [6, 6.07) is 7.48. The van der Waals surface area contributed by atoms with Gasteiger partial charge in [0.25, 0.3) is 0 Å². The van der Waals surface area contributed by atoms with E-state index in [0.717, 1.165) is 14.5 Å². The Morgan fingerprint density at radius 2 is 2.05 bits per heavy atom. The van der Waals surface area contributed by atoms with Gasteiger partial charge in [0.2, 0.25) is 0 Å². The van der Waals surface area contributed by atoms with E-state index >= 15 is 0 Å².